The maximum atomic E-state index is 12.2. The molecular formula is C20H27N5O2S. The largest absolute Gasteiger partial charge is 0.494 e. The number of carbonyl (C=O) groups excluding carboxylic acids is 1. The fourth-order valence-corrected chi connectivity index (χ4v) is 3.78. The van der Waals surface area contributed by atoms with Gasteiger partial charge in [0.05, 0.1) is 12.2 Å². The molecule has 0 bridgehead atoms. The average molecular weight is 402 g/mol. The first-order valence-electron chi connectivity index (χ1n) is 9.64. The van der Waals surface area contributed by atoms with Crippen molar-refractivity contribution in [3.8, 4) is 5.75 Å². The van der Waals surface area contributed by atoms with Gasteiger partial charge in [-0.2, -0.15) is 4.98 Å². The summed E-state index contributed by atoms with van der Waals surface area (Å²) in [5, 5.41) is 8.48. The monoisotopic (exact) mass is 401 g/mol. The lowest BCUT2D eigenvalue weighted by Crippen LogP contribution is -2.31. The number of ether oxygens (including phenoxy) is 1. The first-order valence-corrected chi connectivity index (χ1v) is 10.6. The van der Waals surface area contributed by atoms with Crippen LogP contribution in [0.15, 0.2) is 40.7 Å². The maximum absolute atomic E-state index is 12.2. The first-order chi connectivity index (χ1) is 13.5. The maximum Gasteiger partial charge on any atom is 0.248 e. The molecule has 1 amide bonds. The van der Waals surface area contributed by atoms with Gasteiger partial charge in [-0.3, -0.25) is 4.79 Å². The van der Waals surface area contributed by atoms with Crippen LogP contribution in [0.4, 0.5) is 5.95 Å². The second-order valence-corrected chi connectivity index (χ2v) is 7.77. The zero-order valence-electron chi connectivity index (χ0n) is 16.6. The van der Waals surface area contributed by atoms with Gasteiger partial charge in [0.15, 0.2) is 0 Å². The molecule has 2 aromatic rings. The van der Waals surface area contributed by atoms with Gasteiger partial charge in [-0.05, 0) is 37.5 Å². The molecule has 0 radical (unpaired) electrons. The number of nitrogens with one attached hydrogen (secondary N) is 1. The van der Waals surface area contributed by atoms with Crippen LogP contribution in [0, 0.1) is 0 Å². The van der Waals surface area contributed by atoms with E-state index in [1.165, 1.54) is 0 Å². The normalized spacial score (nSPS) is 15.9. The van der Waals surface area contributed by atoms with Crippen molar-refractivity contribution >= 4 is 23.6 Å². The summed E-state index contributed by atoms with van der Waals surface area (Å²) in [5.74, 6) is 1.90. The van der Waals surface area contributed by atoms with Crippen LogP contribution in [-0.2, 0) is 4.79 Å². The van der Waals surface area contributed by atoms with Crippen LogP contribution < -0.4 is 15.8 Å². The molecule has 0 saturated heterocycles. The van der Waals surface area contributed by atoms with Gasteiger partial charge in [-0.25, -0.2) is 4.68 Å². The zero-order chi connectivity index (χ0) is 20.1. The molecule has 7 nitrogen and oxygen atoms in total. The molecule has 0 fully saturated rings. The number of hydrogen-bond acceptors (Lipinski definition) is 6. The lowest BCUT2D eigenvalue weighted by molar-refractivity contribution is -0.115. The minimum atomic E-state index is -0.470. The lowest BCUT2D eigenvalue weighted by Gasteiger charge is -2.27. The minimum Gasteiger partial charge on any atom is -0.494 e. The molecule has 0 aliphatic carbocycles. The Morgan fingerprint density at radius 2 is 2.04 bits per heavy atom. The Kier molecular flexibility index (Phi) is 6.61. The number of nitrogens with two attached hydrogens (primary N) is 1. The summed E-state index contributed by atoms with van der Waals surface area (Å²) in [7, 11) is 0. The van der Waals surface area contributed by atoms with Crippen LogP contribution in [0.5, 0.6) is 5.75 Å². The van der Waals surface area contributed by atoms with Crippen LogP contribution >= 0.6 is 11.8 Å². The summed E-state index contributed by atoms with van der Waals surface area (Å²) in [5.41, 5.74) is 7.82. The predicted molar refractivity (Wildman–Crippen MR) is 112 cm³/mol. The number of amides is 1. The van der Waals surface area contributed by atoms with E-state index in [2.05, 4.69) is 29.2 Å². The summed E-state index contributed by atoms with van der Waals surface area (Å²) >= 11 is 1.60. The molecule has 28 heavy (non-hydrogen) atoms. The van der Waals surface area contributed by atoms with E-state index in [0.717, 1.165) is 36.3 Å². The van der Waals surface area contributed by atoms with Crippen molar-refractivity contribution in [3.05, 3.63) is 41.1 Å². The van der Waals surface area contributed by atoms with Crippen LogP contribution in [0.3, 0.4) is 0 Å². The third-order valence-corrected chi connectivity index (χ3v) is 5.54. The number of rotatable bonds is 9. The third-order valence-electron chi connectivity index (χ3n) is 4.50. The molecule has 1 aromatic carbocycles. The van der Waals surface area contributed by atoms with Gasteiger partial charge in [0, 0.05) is 11.4 Å². The second kappa shape index (κ2) is 9.14. The molecule has 1 unspecified atom stereocenters. The van der Waals surface area contributed by atoms with Gasteiger partial charge < -0.3 is 15.8 Å². The second-order valence-electron chi connectivity index (χ2n) is 6.71. The van der Waals surface area contributed by atoms with Crippen LogP contribution in [-0.4, -0.2) is 33.0 Å². The van der Waals surface area contributed by atoms with E-state index in [1.54, 1.807) is 16.4 Å². The Labute approximate surface area is 169 Å². The van der Waals surface area contributed by atoms with Crippen LogP contribution in [0.1, 0.15) is 51.6 Å². The molecule has 1 aliphatic heterocycles. The van der Waals surface area contributed by atoms with E-state index in [4.69, 9.17) is 10.5 Å². The van der Waals surface area contributed by atoms with E-state index in [1.807, 2.05) is 31.2 Å². The van der Waals surface area contributed by atoms with E-state index >= 15 is 0 Å². The van der Waals surface area contributed by atoms with Gasteiger partial charge in [-0.15, -0.1) is 5.10 Å². The molecule has 150 valence electrons. The topological polar surface area (TPSA) is 95.1 Å². The standard InChI is InChI=1S/C20H27N5O2S/c1-4-6-11-27-15-9-7-14(8-10-15)17-16(18(21)26)13(3)22-19-23-20(24-25(17)19)28-12-5-2/h7-10,17H,4-6,11-12H2,1-3H3,(H2,21,26)(H,22,23,24). The number of unbranched alkanes of at least 4 members (excludes halogenated alkanes) is 1. The Morgan fingerprint density at radius 1 is 1.29 bits per heavy atom. The number of anilines is 1. The van der Waals surface area contributed by atoms with Crippen LogP contribution in [0.25, 0.3) is 0 Å². The average Bonchev–Trinajstić information content (AvgIpc) is 3.08. The first kappa shape index (κ1) is 20.3. The SMILES string of the molecule is CCCCOc1ccc(C2C(C(N)=O)=C(C)Nc3nc(SCCC)nn32)cc1. The zero-order valence-corrected chi connectivity index (χ0v) is 17.4. The van der Waals surface area contributed by atoms with Crippen molar-refractivity contribution in [2.24, 2.45) is 5.73 Å². The molecule has 0 saturated carbocycles. The molecule has 1 aromatic heterocycles. The number of aromatic nitrogens is 3. The Hall–Kier alpha value is -2.48. The molecule has 0 spiro atoms. The van der Waals surface area contributed by atoms with Crippen LogP contribution in [0.2, 0.25) is 0 Å². The third kappa shape index (κ3) is 4.32. The molecule has 8 heteroatoms. The Balaban J connectivity index is 1.94. The van der Waals surface area contributed by atoms with Crippen molar-refractivity contribution in [2.75, 3.05) is 17.7 Å². The lowest BCUT2D eigenvalue weighted by atomic mass is 9.95. The van der Waals surface area contributed by atoms with Gasteiger partial charge in [0.2, 0.25) is 17.0 Å². The highest BCUT2D eigenvalue weighted by atomic mass is 32.2. The highest BCUT2D eigenvalue weighted by molar-refractivity contribution is 7.99. The van der Waals surface area contributed by atoms with Gasteiger partial charge in [0.25, 0.3) is 0 Å². The molecule has 1 aliphatic rings. The number of carbonyl (C=O) groups is 1. The molecule has 2 heterocycles. The van der Waals surface area contributed by atoms with E-state index in [-0.39, 0.29) is 0 Å². The van der Waals surface area contributed by atoms with E-state index < -0.39 is 11.9 Å². The number of hydrogen-bond donors (Lipinski definition) is 2. The van der Waals surface area contributed by atoms with E-state index in [0.29, 0.717) is 29.0 Å². The van der Waals surface area contributed by atoms with Crippen molar-refractivity contribution in [1.82, 2.24) is 14.8 Å². The summed E-state index contributed by atoms with van der Waals surface area (Å²) in [4.78, 5) is 16.8. The number of fused-ring (bicyclic) bond motifs is 1. The molecule has 3 N–H and O–H groups in total. The minimum absolute atomic E-state index is 0.415. The summed E-state index contributed by atoms with van der Waals surface area (Å²) in [6.07, 6.45) is 3.14. The van der Waals surface area contributed by atoms with Gasteiger partial charge in [-0.1, -0.05) is 44.2 Å². The summed E-state index contributed by atoms with van der Waals surface area (Å²) in [6, 6.07) is 7.34. The highest BCUT2D eigenvalue weighted by Gasteiger charge is 2.33. The van der Waals surface area contributed by atoms with Crippen molar-refractivity contribution < 1.29 is 9.53 Å². The highest BCUT2D eigenvalue weighted by Crippen LogP contribution is 2.36. The Morgan fingerprint density at radius 3 is 2.68 bits per heavy atom. The quantitative estimate of drug-likeness (QED) is 0.491. The number of benzene rings is 1. The number of thioether (sulfide) groups is 1. The number of allylic oxidation sites excluding steroid dienone is 1. The van der Waals surface area contributed by atoms with E-state index in [9.17, 15) is 4.79 Å². The molecule has 1 atom stereocenters. The number of nitrogens with zero attached hydrogens (tertiary/aromatic N) is 3. The van der Waals surface area contributed by atoms with Crippen molar-refractivity contribution in [2.45, 2.75) is 51.2 Å². The van der Waals surface area contributed by atoms with Crippen molar-refractivity contribution in [1.29, 1.82) is 0 Å². The van der Waals surface area contributed by atoms with Gasteiger partial charge >= 0.3 is 0 Å². The molecule has 3 rings (SSSR count). The fourth-order valence-electron chi connectivity index (χ4n) is 3.09. The predicted octanol–water partition coefficient (Wildman–Crippen LogP) is 3.73. The number of primary amides is 1. The molecular weight excluding hydrogens is 374 g/mol. The Bertz CT molecular complexity index is 860. The fraction of sp³-hybridized carbons (Fsp3) is 0.450. The summed E-state index contributed by atoms with van der Waals surface area (Å²) in [6.45, 7) is 6.78. The summed E-state index contributed by atoms with van der Waals surface area (Å²) < 4.78 is 7.50. The van der Waals surface area contributed by atoms with Gasteiger partial charge in [0.1, 0.15) is 11.8 Å². The van der Waals surface area contributed by atoms with Crippen molar-refractivity contribution in [3.63, 3.8) is 0 Å². The smallest absolute Gasteiger partial charge is 0.248 e.